The Morgan fingerprint density at radius 3 is 2.52 bits per heavy atom. The number of amides is 2. The third kappa shape index (κ3) is 6.90. The van der Waals surface area contributed by atoms with E-state index in [0.29, 0.717) is 11.4 Å². The average Bonchev–Trinajstić information content (AvgIpc) is 2.38. The van der Waals surface area contributed by atoms with Gasteiger partial charge in [-0.1, -0.05) is 15.9 Å². The number of rotatable bonds is 6. The number of nitrogens with two attached hydrogens (primary N) is 1. The molecule has 0 radical (unpaired) electrons. The number of carbonyl (C=O) groups excluding carboxylic acids is 2. The maximum atomic E-state index is 11.9. The van der Waals surface area contributed by atoms with E-state index in [1.165, 1.54) is 14.0 Å². The number of anilines is 2. The average molecular weight is 381 g/mol. The highest BCUT2D eigenvalue weighted by Gasteiger charge is 2.13. The van der Waals surface area contributed by atoms with Crippen molar-refractivity contribution in [2.75, 3.05) is 24.3 Å². The van der Waals surface area contributed by atoms with Gasteiger partial charge in [-0.15, -0.1) is 12.4 Å². The number of benzene rings is 1. The first-order valence-electron chi connectivity index (χ1n) is 6.06. The zero-order valence-corrected chi connectivity index (χ0v) is 14.2. The fourth-order valence-corrected chi connectivity index (χ4v) is 1.95. The van der Waals surface area contributed by atoms with E-state index in [-0.39, 0.29) is 43.3 Å². The van der Waals surface area contributed by atoms with Crippen LogP contribution in [-0.4, -0.2) is 31.6 Å². The molecule has 0 aliphatic carbocycles. The summed E-state index contributed by atoms with van der Waals surface area (Å²) in [5, 5.41) is 5.39. The Morgan fingerprint density at radius 2 is 2.00 bits per heavy atom. The van der Waals surface area contributed by atoms with Crippen molar-refractivity contribution in [1.82, 2.24) is 0 Å². The van der Waals surface area contributed by atoms with Gasteiger partial charge in [0.25, 0.3) is 0 Å². The van der Waals surface area contributed by atoms with E-state index in [0.717, 1.165) is 4.47 Å². The van der Waals surface area contributed by atoms with Crippen LogP contribution in [0.4, 0.5) is 11.4 Å². The SMILES string of the molecule is COC(CN)CC(=O)Nc1cc(Br)ccc1NC(C)=O.Cl. The van der Waals surface area contributed by atoms with Gasteiger partial charge in [0.2, 0.25) is 11.8 Å². The smallest absolute Gasteiger partial charge is 0.227 e. The molecule has 8 heteroatoms. The Balaban J connectivity index is 0.00000400. The molecule has 21 heavy (non-hydrogen) atoms. The maximum Gasteiger partial charge on any atom is 0.227 e. The second-order valence-electron chi connectivity index (χ2n) is 4.22. The van der Waals surface area contributed by atoms with E-state index in [1.807, 2.05) is 0 Å². The van der Waals surface area contributed by atoms with Crippen LogP contribution in [0.3, 0.4) is 0 Å². The van der Waals surface area contributed by atoms with Crippen LogP contribution in [-0.2, 0) is 14.3 Å². The third-order valence-corrected chi connectivity index (χ3v) is 3.07. The van der Waals surface area contributed by atoms with Crippen LogP contribution in [0.1, 0.15) is 13.3 Å². The summed E-state index contributed by atoms with van der Waals surface area (Å²) in [6.07, 6.45) is -0.176. The molecule has 2 amide bonds. The van der Waals surface area contributed by atoms with Crippen LogP contribution < -0.4 is 16.4 Å². The number of carbonyl (C=O) groups is 2. The molecule has 4 N–H and O–H groups in total. The minimum Gasteiger partial charge on any atom is -0.380 e. The fraction of sp³-hybridized carbons (Fsp3) is 0.385. The molecular weight excluding hydrogens is 362 g/mol. The molecule has 1 rings (SSSR count). The summed E-state index contributed by atoms with van der Waals surface area (Å²) in [5.41, 5.74) is 6.53. The highest BCUT2D eigenvalue weighted by atomic mass is 79.9. The highest BCUT2D eigenvalue weighted by Crippen LogP contribution is 2.26. The second kappa shape index (κ2) is 9.73. The van der Waals surface area contributed by atoms with Crippen molar-refractivity contribution in [3.63, 3.8) is 0 Å². The standard InChI is InChI=1S/C13H18BrN3O3.ClH/c1-8(18)16-11-4-3-9(14)5-12(11)17-13(19)6-10(7-15)20-2;/h3-5,10H,6-7,15H2,1-2H3,(H,16,18)(H,17,19);1H. The quantitative estimate of drug-likeness (QED) is 0.705. The minimum atomic E-state index is -0.327. The van der Waals surface area contributed by atoms with Gasteiger partial charge >= 0.3 is 0 Å². The molecule has 0 bridgehead atoms. The normalized spacial score (nSPS) is 11.2. The van der Waals surface area contributed by atoms with E-state index < -0.39 is 0 Å². The van der Waals surface area contributed by atoms with Crippen LogP contribution in [0, 0.1) is 0 Å². The van der Waals surface area contributed by atoms with Gasteiger partial charge in [-0.3, -0.25) is 9.59 Å². The third-order valence-electron chi connectivity index (χ3n) is 2.58. The van der Waals surface area contributed by atoms with Crippen LogP contribution in [0.25, 0.3) is 0 Å². The van der Waals surface area contributed by atoms with Gasteiger partial charge in [-0.2, -0.15) is 0 Å². The van der Waals surface area contributed by atoms with Crippen molar-refractivity contribution in [2.24, 2.45) is 5.73 Å². The predicted molar refractivity (Wildman–Crippen MR) is 88.8 cm³/mol. The van der Waals surface area contributed by atoms with Gasteiger partial charge in [0.15, 0.2) is 0 Å². The first-order chi connectivity index (χ1) is 9.46. The molecule has 1 aromatic carbocycles. The lowest BCUT2D eigenvalue weighted by Crippen LogP contribution is -2.28. The number of hydrogen-bond donors (Lipinski definition) is 3. The molecule has 0 aliphatic rings. The van der Waals surface area contributed by atoms with E-state index >= 15 is 0 Å². The first kappa shape index (κ1) is 19.9. The zero-order chi connectivity index (χ0) is 15.1. The molecule has 118 valence electrons. The minimum absolute atomic E-state index is 0. The molecule has 0 aliphatic heterocycles. The summed E-state index contributed by atoms with van der Waals surface area (Å²) in [6, 6.07) is 5.20. The molecule has 0 saturated heterocycles. The number of halogens is 2. The van der Waals surface area contributed by atoms with Crippen molar-refractivity contribution < 1.29 is 14.3 Å². The first-order valence-corrected chi connectivity index (χ1v) is 6.85. The fourth-order valence-electron chi connectivity index (χ4n) is 1.59. The van der Waals surface area contributed by atoms with E-state index in [9.17, 15) is 9.59 Å². The van der Waals surface area contributed by atoms with Crippen LogP contribution in [0.15, 0.2) is 22.7 Å². The summed E-state index contributed by atoms with van der Waals surface area (Å²) in [4.78, 5) is 23.0. The lowest BCUT2D eigenvalue weighted by molar-refractivity contribution is -0.118. The Bertz CT molecular complexity index is 496. The molecule has 1 aromatic rings. The van der Waals surface area contributed by atoms with Gasteiger partial charge in [-0.25, -0.2) is 0 Å². The van der Waals surface area contributed by atoms with E-state index in [2.05, 4.69) is 26.6 Å². The molecule has 1 atom stereocenters. The number of ether oxygens (including phenoxy) is 1. The van der Waals surface area contributed by atoms with E-state index in [1.54, 1.807) is 18.2 Å². The van der Waals surface area contributed by atoms with Crippen molar-refractivity contribution >= 4 is 51.5 Å². The summed E-state index contributed by atoms with van der Waals surface area (Å²) in [7, 11) is 1.51. The molecule has 0 saturated carbocycles. The molecule has 1 unspecified atom stereocenters. The predicted octanol–water partition coefficient (Wildman–Crippen LogP) is 2.13. The number of methoxy groups -OCH3 is 1. The van der Waals surface area contributed by atoms with Gasteiger partial charge < -0.3 is 21.1 Å². The summed E-state index contributed by atoms with van der Waals surface area (Å²) < 4.78 is 5.86. The highest BCUT2D eigenvalue weighted by molar-refractivity contribution is 9.10. The number of hydrogen-bond acceptors (Lipinski definition) is 4. The summed E-state index contributed by atoms with van der Waals surface area (Å²) >= 11 is 3.32. The molecule has 0 spiro atoms. The Hall–Kier alpha value is -1.15. The molecule has 6 nitrogen and oxygen atoms in total. The van der Waals surface area contributed by atoms with Crippen LogP contribution in [0.5, 0.6) is 0 Å². The van der Waals surface area contributed by atoms with Crippen LogP contribution in [0.2, 0.25) is 0 Å². The van der Waals surface area contributed by atoms with Gasteiger partial charge in [0.1, 0.15) is 0 Å². The molecule has 0 fully saturated rings. The largest absolute Gasteiger partial charge is 0.380 e. The number of nitrogens with one attached hydrogen (secondary N) is 2. The Kier molecular flexibility index (Phi) is 9.19. The summed E-state index contributed by atoms with van der Waals surface area (Å²) in [5.74, 6) is -0.438. The van der Waals surface area contributed by atoms with E-state index in [4.69, 9.17) is 10.5 Å². The molecular formula is C13H19BrClN3O3. The van der Waals surface area contributed by atoms with Gasteiger partial charge in [0, 0.05) is 25.1 Å². The maximum absolute atomic E-state index is 11.9. The van der Waals surface area contributed by atoms with Crippen molar-refractivity contribution in [3.05, 3.63) is 22.7 Å². The lowest BCUT2D eigenvalue weighted by atomic mass is 10.2. The van der Waals surface area contributed by atoms with Crippen molar-refractivity contribution in [2.45, 2.75) is 19.4 Å². The van der Waals surface area contributed by atoms with Crippen LogP contribution >= 0.6 is 28.3 Å². The molecule has 0 aromatic heterocycles. The zero-order valence-electron chi connectivity index (χ0n) is 11.8. The van der Waals surface area contributed by atoms with Gasteiger partial charge in [-0.05, 0) is 18.2 Å². The Morgan fingerprint density at radius 1 is 1.33 bits per heavy atom. The Labute approximate surface area is 138 Å². The second-order valence-corrected chi connectivity index (χ2v) is 5.13. The lowest BCUT2D eigenvalue weighted by Gasteiger charge is -2.15. The van der Waals surface area contributed by atoms with Gasteiger partial charge in [0.05, 0.1) is 23.9 Å². The monoisotopic (exact) mass is 379 g/mol. The van der Waals surface area contributed by atoms with Crippen molar-refractivity contribution in [3.8, 4) is 0 Å². The topological polar surface area (TPSA) is 93.4 Å². The van der Waals surface area contributed by atoms with Crippen molar-refractivity contribution in [1.29, 1.82) is 0 Å². The summed E-state index contributed by atoms with van der Waals surface area (Å²) in [6.45, 7) is 1.67. The molecule has 0 heterocycles.